The highest BCUT2D eigenvalue weighted by molar-refractivity contribution is 6.07. The van der Waals surface area contributed by atoms with Crippen LogP contribution in [0.15, 0.2) is 72.8 Å². The summed E-state index contributed by atoms with van der Waals surface area (Å²) in [7, 11) is 0. The Morgan fingerprint density at radius 2 is 1.32 bits per heavy atom. The standard InChI is InChI=1S/C28H29N3O3/c32-26(22-9-2-1-3-10-22)29-16-18-30(19-17-29)27(33)23-12-7-15-31(20-23)28(34)25-14-6-11-21-8-4-5-13-24(21)25/h1-6,8-11,13-14,23H,7,12,15-20H2. The molecule has 5 rings (SSSR count). The topological polar surface area (TPSA) is 60.9 Å². The number of rotatable bonds is 3. The first kappa shape index (κ1) is 22.1. The van der Waals surface area contributed by atoms with Gasteiger partial charge in [-0.05, 0) is 41.8 Å². The van der Waals surface area contributed by atoms with Gasteiger partial charge in [0.2, 0.25) is 5.91 Å². The van der Waals surface area contributed by atoms with Crippen molar-refractivity contribution >= 4 is 28.5 Å². The zero-order valence-electron chi connectivity index (χ0n) is 19.2. The normalized spacial score (nSPS) is 18.7. The molecule has 6 heteroatoms. The summed E-state index contributed by atoms with van der Waals surface area (Å²) >= 11 is 0. The first-order valence-corrected chi connectivity index (χ1v) is 12.0. The zero-order chi connectivity index (χ0) is 23.5. The molecule has 34 heavy (non-hydrogen) atoms. The second-order valence-electron chi connectivity index (χ2n) is 9.10. The fraction of sp³-hybridized carbons (Fsp3) is 0.321. The number of likely N-dealkylation sites (tertiary alicyclic amines) is 1. The van der Waals surface area contributed by atoms with Gasteiger partial charge in [-0.2, -0.15) is 0 Å². The van der Waals surface area contributed by atoms with Crippen LogP contribution >= 0.6 is 0 Å². The first-order valence-electron chi connectivity index (χ1n) is 12.0. The van der Waals surface area contributed by atoms with Gasteiger partial charge in [0.05, 0.1) is 5.92 Å². The molecule has 3 aromatic carbocycles. The third kappa shape index (κ3) is 4.40. The molecule has 0 radical (unpaired) electrons. The second kappa shape index (κ2) is 9.67. The van der Waals surface area contributed by atoms with Crippen LogP contribution in [0.25, 0.3) is 10.8 Å². The number of carbonyl (C=O) groups excluding carboxylic acids is 3. The van der Waals surface area contributed by atoms with Gasteiger partial charge in [0, 0.05) is 50.4 Å². The molecule has 2 aliphatic heterocycles. The molecule has 0 saturated carbocycles. The Morgan fingerprint density at radius 1 is 0.647 bits per heavy atom. The number of amides is 3. The minimum absolute atomic E-state index is 0.00687. The van der Waals surface area contributed by atoms with Gasteiger partial charge in [-0.3, -0.25) is 14.4 Å². The van der Waals surface area contributed by atoms with Crippen LogP contribution in [0.1, 0.15) is 33.6 Å². The summed E-state index contributed by atoms with van der Waals surface area (Å²) in [6.07, 6.45) is 1.61. The highest BCUT2D eigenvalue weighted by Gasteiger charge is 2.34. The fourth-order valence-corrected chi connectivity index (χ4v) is 5.10. The van der Waals surface area contributed by atoms with Crippen LogP contribution in [-0.4, -0.2) is 71.7 Å². The van der Waals surface area contributed by atoms with E-state index in [2.05, 4.69) is 0 Å². The van der Waals surface area contributed by atoms with Crippen molar-refractivity contribution in [3.63, 3.8) is 0 Å². The minimum Gasteiger partial charge on any atom is -0.339 e. The van der Waals surface area contributed by atoms with Crippen molar-refractivity contribution in [1.82, 2.24) is 14.7 Å². The molecule has 0 N–H and O–H groups in total. The van der Waals surface area contributed by atoms with E-state index < -0.39 is 0 Å². The predicted octanol–water partition coefficient (Wildman–Crippen LogP) is 3.68. The smallest absolute Gasteiger partial charge is 0.254 e. The summed E-state index contributed by atoms with van der Waals surface area (Å²) in [5.74, 6) is -0.0870. The van der Waals surface area contributed by atoms with Gasteiger partial charge >= 0.3 is 0 Å². The van der Waals surface area contributed by atoms with Gasteiger partial charge in [0.25, 0.3) is 11.8 Å². The lowest BCUT2D eigenvalue weighted by atomic mass is 9.95. The molecule has 2 aliphatic rings. The van der Waals surface area contributed by atoms with E-state index in [0.29, 0.717) is 50.4 Å². The second-order valence-corrected chi connectivity index (χ2v) is 9.10. The van der Waals surface area contributed by atoms with E-state index in [9.17, 15) is 14.4 Å². The molecule has 1 atom stereocenters. The average molecular weight is 456 g/mol. The van der Waals surface area contributed by atoms with E-state index in [1.165, 1.54) is 0 Å². The minimum atomic E-state index is -0.191. The zero-order valence-corrected chi connectivity index (χ0v) is 19.2. The molecule has 174 valence electrons. The number of piperidine rings is 1. The number of hydrogen-bond donors (Lipinski definition) is 0. The number of nitrogens with zero attached hydrogens (tertiary/aromatic N) is 3. The van der Waals surface area contributed by atoms with Crippen molar-refractivity contribution in [3.05, 3.63) is 83.9 Å². The molecule has 3 amide bonds. The third-order valence-electron chi connectivity index (χ3n) is 6.98. The predicted molar refractivity (Wildman–Crippen MR) is 132 cm³/mol. The maximum absolute atomic E-state index is 13.4. The Morgan fingerprint density at radius 3 is 2.12 bits per heavy atom. The van der Waals surface area contributed by atoms with Crippen LogP contribution in [0, 0.1) is 5.92 Å². The molecule has 3 aromatic rings. The molecule has 0 aliphatic carbocycles. The highest BCUT2D eigenvalue weighted by atomic mass is 16.2. The molecule has 0 bridgehead atoms. The van der Waals surface area contributed by atoms with Gasteiger partial charge in [0.15, 0.2) is 0 Å². The lowest BCUT2D eigenvalue weighted by Gasteiger charge is -2.39. The van der Waals surface area contributed by atoms with E-state index in [4.69, 9.17) is 0 Å². The largest absolute Gasteiger partial charge is 0.339 e. The molecule has 2 fully saturated rings. The number of hydrogen-bond acceptors (Lipinski definition) is 3. The SMILES string of the molecule is O=C(c1ccccc1)N1CCN(C(=O)C2CCCN(C(=O)c3cccc4ccccc34)C2)CC1. The third-order valence-corrected chi connectivity index (χ3v) is 6.98. The summed E-state index contributed by atoms with van der Waals surface area (Å²) < 4.78 is 0. The van der Waals surface area contributed by atoms with Crippen molar-refractivity contribution in [3.8, 4) is 0 Å². The van der Waals surface area contributed by atoms with E-state index in [0.717, 1.165) is 23.6 Å². The number of benzene rings is 3. The molecule has 0 aromatic heterocycles. The lowest BCUT2D eigenvalue weighted by Crippen LogP contribution is -2.54. The van der Waals surface area contributed by atoms with Crippen LogP contribution in [-0.2, 0) is 4.79 Å². The van der Waals surface area contributed by atoms with Crippen LogP contribution in [0.5, 0.6) is 0 Å². The van der Waals surface area contributed by atoms with E-state index in [1.54, 1.807) is 0 Å². The molecule has 2 saturated heterocycles. The fourth-order valence-electron chi connectivity index (χ4n) is 5.10. The Bertz CT molecular complexity index is 1200. The number of fused-ring (bicyclic) bond motifs is 1. The molecule has 6 nitrogen and oxygen atoms in total. The first-order chi connectivity index (χ1) is 16.6. The van der Waals surface area contributed by atoms with Gasteiger partial charge in [-0.1, -0.05) is 54.6 Å². The Balaban J connectivity index is 1.22. The monoisotopic (exact) mass is 455 g/mol. The summed E-state index contributed by atoms with van der Waals surface area (Å²) in [5, 5.41) is 1.99. The summed E-state index contributed by atoms with van der Waals surface area (Å²) in [6, 6.07) is 23.0. The lowest BCUT2D eigenvalue weighted by molar-refractivity contribution is -0.138. The van der Waals surface area contributed by atoms with Crippen molar-refractivity contribution in [1.29, 1.82) is 0 Å². The summed E-state index contributed by atoms with van der Waals surface area (Å²) in [5.41, 5.74) is 1.37. The van der Waals surface area contributed by atoms with Crippen molar-refractivity contribution in [2.24, 2.45) is 5.92 Å². The molecule has 0 spiro atoms. The quantitative estimate of drug-likeness (QED) is 0.605. The van der Waals surface area contributed by atoms with Crippen molar-refractivity contribution < 1.29 is 14.4 Å². The van der Waals surface area contributed by atoms with Gasteiger partial charge < -0.3 is 14.7 Å². The maximum atomic E-state index is 13.4. The molecular formula is C28H29N3O3. The number of carbonyl (C=O) groups is 3. The average Bonchev–Trinajstić information content (AvgIpc) is 2.92. The van der Waals surface area contributed by atoms with Crippen LogP contribution in [0.4, 0.5) is 0 Å². The molecule has 2 heterocycles. The van der Waals surface area contributed by atoms with E-state index in [1.807, 2.05) is 87.5 Å². The van der Waals surface area contributed by atoms with Crippen LogP contribution in [0.2, 0.25) is 0 Å². The highest BCUT2D eigenvalue weighted by Crippen LogP contribution is 2.25. The van der Waals surface area contributed by atoms with Crippen molar-refractivity contribution in [2.45, 2.75) is 12.8 Å². The Hall–Kier alpha value is -3.67. The number of piperazine rings is 1. The summed E-state index contributed by atoms with van der Waals surface area (Å²) in [4.78, 5) is 44.9. The van der Waals surface area contributed by atoms with Gasteiger partial charge in [0.1, 0.15) is 0 Å². The Kier molecular flexibility index (Phi) is 6.30. The Labute approximate surface area is 199 Å². The van der Waals surface area contributed by atoms with Crippen LogP contribution in [0.3, 0.4) is 0 Å². The van der Waals surface area contributed by atoms with E-state index in [-0.39, 0.29) is 23.6 Å². The van der Waals surface area contributed by atoms with E-state index >= 15 is 0 Å². The maximum Gasteiger partial charge on any atom is 0.254 e. The van der Waals surface area contributed by atoms with Crippen molar-refractivity contribution in [2.75, 3.05) is 39.3 Å². The molecule has 1 unspecified atom stereocenters. The molecular weight excluding hydrogens is 426 g/mol. The van der Waals surface area contributed by atoms with Crippen LogP contribution < -0.4 is 0 Å². The van der Waals surface area contributed by atoms with Gasteiger partial charge in [-0.25, -0.2) is 0 Å². The van der Waals surface area contributed by atoms with Gasteiger partial charge in [-0.15, -0.1) is 0 Å². The summed E-state index contributed by atoms with van der Waals surface area (Å²) in [6.45, 7) is 3.25.